The summed E-state index contributed by atoms with van der Waals surface area (Å²) in [6.45, 7) is 1.13. The van der Waals surface area contributed by atoms with Gasteiger partial charge in [0.15, 0.2) is 5.96 Å². The Morgan fingerprint density at radius 2 is 1.85 bits per heavy atom. The van der Waals surface area contributed by atoms with E-state index in [4.69, 9.17) is 0 Å². The van der Waals surface area contributed by atoms with Gasteiger partial charge in [0.25, 0.3) is 0 Å². The van der Waals surface area contributed by atoms with Gasteiger partial charge in [-0.05, 0) is 36.2 Å². The minimum atomic E-state index is -0.215. The molecule has 27 heavy (non-hydrogen) atoms. The van der Waals surface area contributed by atoms with Crippen molar-refractivity contribution in [1.29, 1.82) is 0 Å². The van der Waals surface area contributed by atoms with Crippen molar-refractivity contribution in [3.05, 3.63) is 83.9 Å². The number of benzene rings is 2. The van der Waals surface area contributed by atoms with Gasteiger partial charge in [0, 0.05) is 38.1 Å². The molecule has 0 amide bonds. The summed E-state index contributed by atoms with van der Waals surface area (Å²) in [6, 6.07) is 16.9. The summed E-state index contributed by atoms with van der Waals surface area (Å²) in [6.07, 6.45) is 4.54. The average Bonchev–Trinajstić information content (AvgIpc) is 3.21. The molecule has 0 unspecified atom stereocenters. The molecule has 1 aromatic heterocycles. The van der Waals surface area contributed by atoms with E-state index in [1.54, 1.807) is 25.4 Å². The zero-order valence-corrected chi connectivity index (χ0v) is 17.4. The Labute approximate surface area is 175 Å². The van der Waals surface area contributed by atoms with Crippen LogP contribution in [-0.4, -0.2) is 29.3 Å². The molecule has 0 aliphatic rings. The second-order valence-corrected chi connectivity index (χ2v) is 5.81. The highest BCUT2D eigenvalue weighted by Crippen LogP contribution is 2.09. The summed E-state index contributed by atoms with van der Waals surface area (Å²) in [5.41, 5.74) is 2.87. The van der Waals surface area contributed by atoms with Crippen LogP contribution in [-0.2, 0) is 13.0 Å². The fourth-order valence-electron chi connectivity index (χ4n) is 2.60. The second kappa shape index (κ2) is 10.7. The number of guanidine groups is 1. The van der Waals surface area contributed by atoms with Gasteiger partial charge in [-0.15, -0.1) is 24.0 Å². The second-order valence-electron chi connectivity index (χ2n) is 5.81. The Morgan fingerprint density at radius 1 is 1.07 bits per heavy atom. The van der Waals surface area contributed by atoms with Crippen LogP contribution in [0.4, 0.5) is 4.39 Å². The van der Waals surface area contributed by atoms with Gasteiger partial charge in [0.2, 0.25) is 0 Å². The molecule has 2 N–H and O–H groups in total. The lowest BCUT2D eigenvalue weighted by Gasteiger charge is -2.12. The molecule has 0 bridgehead atoms. The Morgan fingerprint density at radius 3 is 2.52 bits per heavy atom. The Kier molecular flexibility index (Phi) is 8.25. The molecule has 0 spiro atoms. The van der Waals surface area contributed by atoms with Crippen LogP contribution < -0.4 is 10.6 Å². The average molecular weight is 479 g/mol. The third-order valence-electron chi connectivity index (χ3n) is 4.04. The molecule has 0 saturated heterocycles. The Balaban J connectivity index is 0.00000261. The lowest BCUT2D eigenvalue weighted by Crippen LogP contribution is -2.38. The SMILES string of the molecule is CN=C(NCCc1ccc(-n2cccn2)cc1)NCc1ccccc1F.I. The van der Waals surface area contributed by atoms with E-state index < -0.39 is 0 Å². The lowest BCUT2D eigenvalue weighted by atomic mass is 10.1. The largest absolute Gasteiger partial charge is 0.356 e. The molecule has 1 heterocycles. The molecule has 142 valence electrons. The molecule has 0 saturated carbocycles. The quantitative estimate of drug-likeness (QED) is 0.323. The van der Waals surface area contributed by atoms with Gasteiger partial charge in [-0.3, -0.25) is 4.99 Å². The van der Waals surface area contributed by atoms with Crippen molar-refractivity contribution in [3.63, 3.8) is 0 Å². The summed E-state index contributed by atoms with van der Waals surface area (Å²) < 4.78 is 15.5. The molecule has 0 aliphatic heterocycles. The summed E-state index contributed by atoms with van der Waals surface area (Å²) >= 11 is 0. The van der Waals surface area contributed by atoms with E-state index in [9.17, 15) is 4.39 Å². The van der Waals surface area contributed by atoms with E-state index in [1.165, 1.54) is 11.6 Å². The highest BCUT2D eigenvalue weighted by Gasteiger charge is 2.03. The molecule has 5 nitrogen and oxygen atoms in total. The number of rotatable bonds is 6. The van der Waals surface area contributed by atoms with Crippen LogP contribution in [0, 0.1) is 5.82 Å². The first-order chi connectivity index (χ1) is 12.8. The topological polar surface area (TPSA) is 54.2 Å². The zero-order valence-electron chi connectivity index (χ0n) is 15.1. The first-order valence-electron chi connectivity index (χ1n) is 8.53. The van der Waals surface area contributed by atoms with Crippen LogP contribution in [0.15, 0.2) is 72.0 Å². The maximum absolute atomic E-state index is 13.6. The van der Waals surface area contributed by atoms with Crippen molar-refractivity contribution in [1.82, 2.24) is 20.4 Å². The van der Waals surface area contributed by atoms with E-state index in [0.29, 0.717) is 18.1 Å². The lowest BCUT2D eigenvalue weighted by molar-refractivity contribution is 0.604. The van der Waals surface area contributed by atoms with Crippen LogP contribution >= 0.6 is 24.0 Å². The molecular formula is C20H23FIN5. The summed E-state index contributed by atoms with van der Waals surface area (Å²) in [5.74, 6) is 0.439. The molecule has 0 fully saturated rings. The number of aromatic nitrogens is 2. The zero-order chi connectivity index (χ0) is 18.2. The number of nitrogens with one attached hydrogen (secondary N) is 2. The fraction of sp³-hybridized carbons (Fsp3) is 0.200. The molecule has 7 heteroatoms. The molecule has 0 aliphatic carbocycles. The highest BCUT2D eigenvalue weighted by molar-refractivity contribution is 14.0. The molecule has 3 aromatic rings. The van der Waals surface area contributed by atoms with Gasteiger partial charge < -0.3 is 10.6 Å². The standard InChI is InChI=1S/C20H22FN5.HI/c1-22-20(24-15-17-5-2-3-6-19(17)21)23-13-11-16-7-9-18(10-8-16)26-14-4-12-25-26;/h2-10,12,14H,11,13,15H2,1H3,(H2,22,23,24);1H. The predicted molar refractivity (Wildman–Crippen MR) is 117 cm³/mol. The van der Waals surface area contributed by atoms with Gasteiger partial charge in [-0.1, -0.05) is 30.3 Å². The first kappa shape index (κ1) is 20.9. The van der Waals surface area contributed by atoms with E-state index >= 15 is 0 Å². The number of hydrogen-bond donors (Lipinski definition) is 2. The minimum Gasteiger partial charge on any atom is -0.356 e. The van der Waals surface area contributed by atoms with E-state index in [2.05, 4.69) is 32.9 Å². The van der Waals surface area contributed by atoms with Crippen molar-refractivity contribution in [2.75, 3.05) is 13.6 Å². The van der Waals surface area contributed by atoms with Crippen molar-refractivity contribution in [2.45, 2.75) is 13.0 Å². The first-order valence-corrected chi connectivity index (χ1v) is 8.53. The molecule has 2 aromatic carbocycles. The normalized spacial score (nSPS) is 11.0. The van der Waals surface area contributed by atoms with Crippen molar-refractivity contribution >= 4 is 29.9 Å². The Hall–Kier alpha value is -2.42. The summed E-state index contributed by atoms with van der Waals surface area (Å²) in [5, 5.41) is 10.6. The van der Waals surface area contributed by atoms with Crippen LogP contribution in [0.5, 0.6) is 0 Å². The van der Waals surface area contributed by atoms with Crippen LogP contribution in [0.1, 0.15) is 11.1 Å². The van der Waals surface area contributed by atoms with Crippen molar-refractivity contribution in [3.8, 4) is 5.69 Å². The van der Waals surface area contributed by atoms with Gasteiger partial charge in [-0.2, -0.15) is 5.10 Å². The van der Waals surface area contributed by atoms with Gasteiger partial charge in [-0.25, -0.2) is 9.07 Å². The number of halogens is 2. The summed E-state index contributed by atoms with van der Waals surface area (Å²) in [4.78, 5) is 4.17. The molecule has 3 rings (SSSR count). The van der Waals surface area contributed by atoms with Gasteiger partial charge in [0.05, 0.1) is 5.69 Å². The third-order valence-corrected chi connectivity index (χ3v) is 4.04. The number of aliphatic imine (C=N–C) groups is 1. The minimum absolute atomic E-state index is 0. The smallest absolute Gasteiger partial charge is 0.191 e. The van der Waals surface area contributed by atoms with E-state index in [0.717, 1.165) is 18.7 Å². The third kappa shape index (κ3) is 6.06. The molecular weight excluding hydrogens is 456 g/mol. The maximum Gasteiger partial charge on any atom is 0.191 e. The maximum atomic E-state index is 13.6. The van der Waals surface area contributed by atoms with Crippen LogP contribution in [0.25, 0.3) is 5.69 Å². The highest BCUT2D eigenvalue weighted by atomic mass is 127. The monoisotopic (exact) mass is 479 g/mol. The van der Waals surface area contributed by atoms with E-state index in [-0.39, 0.29) is 29.8 Å². The van der Waals surface area contributed by atoms with Gasteiger partial charge in [0.1, 0.15) is 5.82 Å². The van der Waals surface area contributed by atoms with Crippen LogP contribution in [0.2, 0.25) is 0 Å². The molecule has 0 radical (unpaired) electrons. The predicted octanol–water partition coefficient (Wildman–Crippen LogP) is 3.54. The van der Waals surface area contributed by atoms with Crippen LogP contribution in [0.3, 0.4) is 0 Å². The van der Waals surface area contributed by atoms with E-state index in [1.807, 2.05) is 35.1 Å². The Bertz CT molecular complexity index is 847. The number of hydrogen-bond acceptors (Lipinski definition) is 2. The van der Waals surface area contributed by atoms with Crippen molar-refractivity contribution in [2.24, 2.45) is 4.99 Å². The number of nitrogens with zero attached hydrogens (tertiary/aromatic N) is 3. The fourth-order valence-corrected chi connectivity index (χ4v) is 2.60. The van der Waals surface area contributed by atoms with Crippen molar-refractivity contribution < 1.29 is 4.39 Å². The van der Waals surface area contributed by atoms with Gasteiger partial charge >= 0.3 is 0 Å². The summed E-state index contributed by atoms with van der Waals surface area (Å²) in [7, 11) is 1.70. The molecule has 0 atom stereocenters.